The van der Waals surface area contributed by atoms with Crippen LogP contribution in [-0.4, -0.2) is 34.3 Å². The van der Waals surface area contributed by atoms with Gasteiger partial charge in [0.1, 0.15) is 0 Å². The van der Waals surface area contributed by atoms with Gasteiger partial charge in [0.25, 0.3) is 0 Å². The summed E-state index contributed by atoms with van der Waals surface area (Å²) in [6.45, 7) is 6.88. The summed E-state index contributed by atoms with van der Waals surface area (Å²) in [5, 5.41) is 0. The van der Waals surface area contributed by atoms with Crippen LogP contribution in [0, 0.1) is 6.08 Å². The normalized spacial score (nSPS) is 11.5. The number of nitrogens with one attached hydrogen (secondary N) is 3. The molecule has 1 rings (SSSR count). The Morgan fingerprint density at radius 2 is 1.37 bits per heavy atom. The topological polar surface area (TPSA) is 71.4 Å². The zero-order valence-electron chi connectivity index (χ0n) is 11.6. The van der Waals surface area contributed by atoms with Gasteiger partial charge in [-0.15, -0.1) is 0 Å². The molecular formula is C11H22F3GeN3Zr. The van der Waals surface area contributed by atoms with E-state index in [-0.39, 0.29) is 26.2 Å². The second-order valence-corrected chi connectivity index (χ2v) is 5.97. The fraction of sp³-hybridized carbons (Fsp3) is 0.636. The van der Waals surface area contributed by atoms with Crippen LogP contribution in [0.4, 0.5) is 10.5 Å². The summed E-state index contributed by atoms with van der Waals surface area (Å²) < 4.78 is 34.9. The molecule has 0 fully saturated rings. The molecule has 0 unspecified atom stereocenters. The number of hydrogen-bond donors (Lipinski definition) is 0. The number of hydrogen-bond acceptors (Lipinski definition) is 0. The molecule has 0 bridgehead atoms. The number of rotatable bonds is 1. The van der Waals surface area contributed by atoms with Crippen LogP contribution in [-0.2, 0) is 26.2 Å². The van der Waals surface area contributed by atoms with Crippen LogP contribution in [0.1, 0.15) is 27.2 Å². The summed E-state index contributed by atoms with van der Waals surface area (Å²) >= 11 is -5.96. The van der Waals surface area contributed by atoms with Crippen molar-refractivity contribution in [2.75, 3.05) is 19.6 Å². The van der Waals surface area contributed by atoms with Gasteiger partial charge in [-0.3, -0.25) is 0 Å². The van der Waals surface area contributed by atoms with Crippen molar-refractivity contribution in [3.8, 4) is 0 Å². The molecule has 1 aliphatic carbocycles. The Bertz CT molecular complexity index is 217. The van der Waals surface area contributed by atoms with E-state index in [0.29, 0.717) is 26.1 Å². The molecule has 3 N–H and O–H groups in total. The third-order valence-corrected chi connectivity index (χ3v) is 3.00. The van der Waals surface area contributed by atoms with Crippen molar-refractivity contribution in [3.05, 3.63) is 39.8 Å². The maximum atomic E-state index is 11.8. The van der Waals surface area contributed by atoms with Crippen molar-refractivity contribution < 1.29 is 36.7 Å². The van der Waals surface area contributed by atoms with E-state index in [4.69, 9.17) is 17.2 Å². The molecule has 0 aromatic carbocycles. The molecule has 110 valence electrons. The third kappa shape index (κ3) is 27.7. The maximum absolute atomic E-state index is 11.8. The largest absolute Gasteiger partial charge is 4.00 e. The van der Waals surface area contributed by atoms with Gasteiger partial charge in [-0.2, -0.15) is 19.6 Å². The average molecular weight is 417 g/mol. The van der Waals surface area contributed by atoms with E-state index in [1.165, 1.54) is 6.08 Å². The van der Waals surface area contributed by atoms with Crippen LogP contribution < -0.4 is 0 Å². The molecule has 0 atom stereocenters. The summed E-state index contributed by atoms with van der Waals surface area (Å²) in [5.41, 5.74) is 18.6. The van der Waals surface area contributed by atoms with Crippen LogP contribution in [0.15, 0.2) is 16.6 Å². The first-order chi connectivity index (χ1) is 8.35. The van der Waals surface area contributed by atoms with Crippen LogP contribution in [0.3, 0.4) is 0 Å². The van der Waals surface area contributed by atoms with Gasteiger partial charge in [-0.1, -0.05) is 20.8 Å². The zero-order chi connectivity index (χ0) is 15.0. The van der Waals surface area contributed by atoms with Gasteiger partial charge in [0.05, 0.1) is 0 Å². The fourth-order valence-corrected chi connectivity index (χ4v) is 1.88. The van der Waals surface area contributed by atoms with E-state index in [9.17, 15) is 10.5 Å². The Hall–Kier alpha value is 0.576. The second kappa shape index (κ2) is 20.9. The molecule has 3 nitrogen and oxygen atoms in total. The van der Waals surface area contributed by atoms with E-state index in [1.54, 1.807) is 20.8 Å². The van der Waals surface area contributed by atoms with Gasteiger partial charge < -0.3 is 17.2 Å². The van der Waals surface area contributed by atoms with Gasteiger partial charge in [-0.05, 0) is 0 Å². The van der Waals surface area contributed by atoms with Gasteiger partial charge in [0.2, 0.25) is 0 Å². The predicted molar refractivity (Wildman–Crippen MR) is 74.2 cm³/mol. The van der Waals surface area contributed by atoms with E-state index in [1.807, 2.05) is 0 Å². The van der Waals surface area contributed by atoms with Crippen LogP contribution in [0.5, 0.6) is 0 Å². The van der Waals surface area contributed by atoms with Crippen molar-refractivity contribution in [1.29, 1.82) is 0 Å². The summed E-state index contributed by atoms with van der Waals surface area (Å²) in [6, 6.07) is 0. The summed E-state index contributed by atoms with van der Waals surface area (Å²) in [7, 11) is 0. The minimum atomic E-state index is -5.96. The smallest absolute Gasteiger partial charge is 4.00 e. The summed E-state index contributed by atoms with van der Waals surface area (Å²) in [5.74, 6) is 0. The second-order valence-electron chi connectivity index (χ2n) is 2.76. The van der Waals surface area contributed by atoms with Crippen molar-refractivity contribution in [2.45, 2.75) is 27.2 Å². The van der Waals surface area contributed by atoms with Gasteiger partial charge >= 0.3 is 80.4 Å². The molecule has 0 aliphatic heterocycles. The Morgan fingerprint density at radius 1 is 1.05 bits per heavy atom. The number of halogens is 3. The predicted octanol–water partition coefficient (Wildman–Crippen LogP) is 5.24. The van der Waals surface area contributed by atoms with Crippen molar-refractivity contribution >= 4 is 14.7 Å². The van der Waals surface area contributed by atoms with Gasteiger partial charge in [0, 0.05) is 0 Å². The monoisotopic (exact) mass is 417 g/mol. The summed E-state index contributed by atoms with van der Waals surface area (Å²) in [6.07, 6.45) is 5.20. The standard InChI is InChI=1S/C5H4F3Ge.3C2H6N.Zr/c6-9(7,8)5-3-1-2-4-5;3*1-2-3;/h1,3H,2H2;3*3H,2H2,1H3;/q4*-1;+4. The van der Waals surface area contributed by atoms with Crippen molar-refractivity contribution in [1.82, 2.24) is 0 Å². The fourth-order valence-electron chi connectivity index (χ4n) is 0.599. The zero-order valence-corrected chi connectivity index (χ0v) is 16.2. The average Bonchev–Trinajstić information content (AvgIpc) is 2.72. The molecule has 0 heterocycles. The van der Waals surface area contributed by atoms with E-state index in [2.05, 4.69) is 6.08 Å². The molecule has 8 heteroatoms. The first-order valence-electron chi connectivity index (χ1n) is 5.63. The Balaban J connectivity index is -0.0000000956. The Labute approximate surface area is 137 Å². The van der Waals surface area contributed by atoms with E-state index >= 15 is 0 Å². The van der Waals surface area contributed by atoms with E-state index < -0.39 is 19.1 Å². The molecule has 0 saturated heterocycles. The Morgan fingerprint density at radius 3 is 1.47 bits per heavy atom. The van der Waals surface area contributed by atoms with Crippen LogP contribution in [0.2, 0.25) is 0 Å². The molecular weight excluding hydrogens is 395 g/mol. The molecule has 0 aromatic heterocycles. The SMILES string of the molecule is CC[NH-].CC[NH-].CC[NH-].[F][Ge]([F])([F])[C]1=[C-]CC=C1.[Zr+4]. The summed E-state index contributed by atoms with van der Waals surface area (Å²) in [4.78, 5) is 0. The first kappa shape index (κ1) is 27.8. The first-order valence-corrected chi connectivity index (χ1v) is 9.06. The molecule has 0 amide bonds. The molecule has 19 heavy (non-hydrogen) atoms. The van der Waals surface area contributed by atoms with Crippen molar-refractivity contribution in [2.24, 2.45) is 0 Å². The van der Waals surface area contributed by atoms with Gasteiger partial charge in [-0.25, -0.2) is 0 Å². The molecule has 0 saturated carbocycles. The maximum Gasteiger partial charge on any atom is 4.00 e. The molecule has 0 radical (unpaired) electrons. The van der Waals surface area contributed by atoms with Crippen LogP contribution >= 0.6 is 0 Å². The van der Waals surface area contributed by atoms with E-state index in [0.717, 1.165) is 6.08 Å². The van der Waals surface area contributed by atoms with Crippen LogP contribution in [0.25, 0.3) is 17.2 Å². The molecule has 0 aromatic rings. The van der Waals surface area contributed by atoms with Crippen molar-refractivity contribution in [3.63, 3.8) is 0 Å². The quantitative estimate of drug-likeness (QED) is 0.414. The minimum Gasteiger partial charge on any atom is 4.00 e. The van der Waals surface area contributed by atoms with Gasteiger partial charge in [0.15, 0.2) is 0 Å². The Kier molecular flexibility index (Phi) is 30.6. The third-order valence-electron chi connectivity index (χ3n) is 1.00. The minimum absolute atomic E-state index is 0. The molecule has 1 aliphatic rings. The number of allylic oxidation sites excluding steroid dienone is 4. The molecule has 0 spiro atoms.